The van der Waals surface area contributed by atoms with Crippen molar-refractivity contribution in [3.05, 3.63) is 16.1 Å². The lowest BCUT2D eigenvalue weighted by molar-refractivity contribution is 0.905. The van der Waals surface area contributed by atoms with E-state index in [2.05, 4.69) is 11.9 Å². The van der Waals surface area contributed by atoms with E-state index in [4.69, 9.17) is 5.73 Å². The standard InChI is InChI=1S/C8H12N2S/c1-5-2-7(5)8-10-4-6(3-9)11-8/h4-5,7H,2-3,9H2,1H3. The molecule has 3 heteroatoms. The Balaban J connectivity index is 2.13. The first-order valence-corrected chi connectivity index (χ1v) is 4.77. The van der Waals surface area contributed by atoms with Crippen molar-refractivity contribution in [3.63, 3.8) is 0 Å². The van der Waals surface area contributed by atoms with Gasteiger partial charge in [-0.05, 0) is 12.3 Å². The quantitative estimate of drug-likeness (QED) is 0.730. The summed E-state index contributed by atoms with van der Waals surface area (Å²) in [6.07, 6.45) is 3.22. The summed E-state index contributed by atoms with van der Waals surface area (Å²) in [7, 11) is 0. The van der Waals surface area contributed by atoms with E-state index in [1.54, 1.807) is 11.3 Å². The number of nitrogens with zero attached hydrogens (tertiary/aromatic N) is 1. The molecular weight excluding hydrogens is 156 g/mol. The van der Waals surface area contributed by atoms with Crippen LogP contribution in [-0.4, -0.2) is 4.98 Å². The molecule has 0 amide bonds. The predicted octanol–water partition coefficient (Wildman–Crippen LogP) is 1.73. The molecule has 0 bridgehead atoms. The van der Waals surface area contributed by atoms with Gasteiger partial charge in [-0.15, -0.1) is 11.3 Å². The van der Waals surface area contributed by atoms with Crippen LogP contribution >= 0.6 is 11.3 Å². The molecule has 2 rings (SSSR count). The fourth-order valence-electron chi connectivity index (χ4n) is 1.25. The van der Waals surface area contributed by atoms with Crippen LogP contribution < -0.4 is 5.73 Å². The van der Waals surface area contributed by atoms with Gasteiger partial charge in [0.05, 0.1) is 5.01 Å². The van der Waals surface area contributed by atoms with E-state index in [0.717, 1.165) is 11.8 Å². The van der Waals surface area contributed by atoms with E-state index in [0.29, 0.717) is 6.54 Å². The number of hydrogen-bond acceptors (Lipinski definition) is 3. The summed E-state index contributed by atoms with van der Waals surface area (Å²) in [4.78, 5) is 5.55. The molecule has 1 fully saturated rings. The Morgan fingerprint density at radius 1 is 1.82 bits per heavy atom. The van der Waals surface area contributed by atoms with Crippen LogP contribution in [0.5, 0.6) is 0 Å². The number of thiazole rings is 1. The third kappa shape index (κ3) is 1.30. The van der Waals surface area contributed by atoms with E-state index in [1.807, 2.05) is 6.20 Å². The zero-order valence-corrected chi connectivity index (χ0v) is 7.40. The van der Waals surface area contributed by atoms with Crippen LogP contribution in [-0.2, 0) is 6.54 Å². The van der Waals surface area contributed by atoms with Crippen molar-refractivity contribution in [3.8, 4) is 0 Å². The van der Waals surface area contributed by atoms with Gasteiger partial charge in [-0.1, -0.05) is 6.92 Å². The summed E-state index contributed by atoms with van der Waals surface area (Å²) in [6.45, 7) is 2.91. The molecule has 11 heavy (non-hydrogen) atoms. The second-order valence-electron chi connectivity index (χ2n) is 3.19. The summed E-state index contributed by atoms with van der Waals surface area (Å²) in [5, 5.41) is 1.29. The van der Waals surface area contributed by atoms with Gasteiger partial charge >= 0.3 is 0 Å². The predicted molar refractivity (Wildman–Crippen MR) is 46.5 cm³/mol. The summed E-state index contributed by atoms with van der Waals surface area (Å²) >= 11 is 1.77. The van der Waals surface area contributed by atoms with E-state index in [9.17, 15) is 0 Å². The molecule has 1 aliphatic carbocycles. The zero-order chi connectivity index (χ0) is 7.84. The van der Waals surface area contributed by atoms with Gasteiger partial charge in [0.1, 0.15) is 0 Å². The second kappa shape index (κ2) is 2.57. The Morgan fingerprint density at radius 2 is 2.55 bits per heavy atom. The maximum Gasteiger partial charge on any atom is 0.0961 e. The van der Waals surface area contributed by atoms with Gasteiger partial charge in [-0.3, -0.25) is 0 Å². The van der Waals surface area contributed by atoms with Crippen molar-refractivity contribution in [1.82, 2.24) is 4.98 Å². The summed E-state index contributed by atoms with van der Waals surface area (Å²) in [5.74, 6) is 1.60. The van der Waals surface area contributed by atoms with Crippen molar-refractivity contribution in [2.45, 2.75) is 25.8 Å². The maximum absolute atomic E-state index is 5.49. The van der Waals surface area contributed by atoms with Gasteiger partial charge in [-0.25, -0.2) is 4.98 Å². The Hall–Kier alpha value is -0.410. The molecule has 2 unspecified atom stereocenters. The lowest BCUT2D eigenvalue weighted by Crippen LogP contribution is -1.91. The maximum atomic E-state index is 5.49. The zero-order valence-electron chi connectivity index (χ0n) is 6.58. The molecule has 1 aromatic rings. The fourth-order valence-corrected chi connectivity index (χ4v) is 2.30. The minimum Gasteiger partial charge on any atom is -0.326 e. The molecule has 0 saturated heterocycles. The van der Waals surface area contributed by atoms with Gasteiger partial charge in [0.25, 0.3) is 0 Å². The summed E-state index contributed by atoms with van der Waals surface area (Å²) in [5.41, 5.74) is 5.49. The first-order valence-electron chi connectivity index (χ1n) is 3.96. The minimum atomic E-state index is 0.638. The second-order valence-corrected chi connectivity index (χ2v) is 4.34. The average Bonchev–Trinajstić information content (AvgIpc) is 2.59. The lowest BCUT2D eigenvalue weighted by atomic mass is 10.4. The average molecular weight is 168 g/mol. The molecule has 0 aromatic carbocycles. The highest BCUT2D eigenvalue weighted by atomic mass is 32.1. The van der Waals surface area contributed by atoms with Gasteiger partial charge in [0.2, 0.25) is 0 Å². The Bertz CT molecular complexity index is 256. The van der Waals surface area contributed by atoms with Crippen LogP contribution in [0, 0.1) is 5.92 Å². The topological polar surface area (TPSA) is 38.9 Å². The fraction of sp³-hybridized carbons (Fsp3) is 0.625. The van der Waals surface area contributed by atoms with Crippen LogP contribution in [0.2, 0.25) is 0 Å². The third-order valence-corrected chi connectivity index (χ3v) is 3.35. The molecule has 1 saturated carbocycles. The molecule has 0 radical (unpaired) electrons. The van der Waals surface area contributed by atoms with Crippen LogP contribution in [0.4, 0.5) is 0 Å². The van der Waals surface area contributed by atoms with E-state index < -0.39 is 0 Å². The number of nitrogens with two attached hydrogens (primary N) is 1. The largest absolute Gasteiger partial charge is 0.326 e. The number of rotatable bonds is 2. The molecule has 0 aliphatic heterocycles. The number of hydrogen-bond donors (Lipinski definition) is 1. The molecule has 1 heterocycles. The van der Waals surface area contributed by atoms with Crippen molar-refractivity contribution in [2.24, 2.45) is 11.7 Å². The lowest BCUT2D eigenvalue weighted by Gasteiger charge is -1.86. The van der Waals surface area contributed by atoms with E-state index in [-0.39, 0.29) is 0 Å². The van der Waals surface area contributed by atoms with Gasteiger partial charge in [-0.2, -0.15) is 0 Å². The Kier molecular flexibility index (Phi) is 1.69. The molecule has 0 spiro atoms. The molecule has 1 aliphatic rings. The van der Waals surface area contributed by atoms with Crippen molar-refractivity contribution >= 4 is 11.3 Å². The molecule has 60 valence electrons. The summed E-state index contributed by atoms with van der Waals surface area (Å²) in [6, 6.07) is 0. The van der Waals surface area contributed by atoms with Crippen LogP contribution in [0.3, 0.4) is 0 Å². The molecule has 2 N–H and O–H groups in total. The molecular formula is C8H12N2S. The smallest absolute Gasteiger partial charge is 0.0961 e. The molecule has 2 nitrogen and oxygen atoms in total. The molecule has 2 atom stereocenters. The van der Waals surface area contributed by atoms with E-state index >= 15 is 0 Å². The molecule has 1 aromatic heterocycles. The third-order valence-electron chi connectivity index (χ3n) is 2.20. The van der Waals surface area contributed by atoms with Crippen LogP contribution in [0.1, 0.15) is 29.1 Å². The highest BCUT2D eigenvalue weighted by Crippen LogP contribution is 2.47. The Morgan fingerprint density at radius 3 is 3.00 bits per heavy atom. The Labute approximate surface area is 70.5 Å². The van der Waals surface area contributed by atoms with Crippen molar-refractivity contribution in [1.29, 1.82) is 0 Å². The minimum absolute atomic E-state index is 0.638. The van der Waals surface area contributed by atoms with Gasteiger partial charge in [0.15, 0.2) is 0 Å². The van der Waals surface area contributed by atoms with Crippen LogP contribution in [0.25, 0.3) is 0 Å². The van der Waals surface area contributed by atoms with E-state index in [1.165, 1.54) is 16.3 Å². The van der Waals surface area contributed by atoms with Crippen molar-refractivity contribution in [2.75, 3.05) is 0 Å². The summed E-state index contributed by atoms with van der Waals surface area (Å²) < 4.78 is 0. The van der Waals surface area contributed by atoms with Gasteiger partial charge < -0.3 is 5.73 Å². The number of aromatic nitrogens is 1. The SMILES string of the molecule is CC1CC1c1ncc(CN)s1. The first kappa shape index (κ1) is 7.25. The highest BCUT2D eigenvalue weighted by Gasteiger charge is 2.36. The highest BCUT2D eigenvalue weighted by molar-refractivity contribution is 7.11. The van der Waals surface area contributed by atoms with Crippen molar-refractivity contribution < 1.29 is 0 Å². The first-order chi connectivity index (χ1) is 5.31. The monoisotopic (exact) mass is 168 g/mol. The normalized spacial score (nSPS) is 28.9. The van der Waals surface area contributed by atoms with Crippen LogP contribution in [0.15, 0.2) is 6.20 Å². The van der Waals surface area contributed by atoms with Gasteiger partial charge in [0, 0.05) is 23.5 Å².